The molecule has 35 heavy (non-hydrogen) atoms. The lowest BCUT2D eigenvalue weighted by molar-refractivity contribution is 0.183. The minimum Gasteiger partial charge on any atom is -0.508 e. The largest absolute Gasteiger partial charge is 0.508 e. The predicted molar refractivity (Wildman–Crippen MR) is 140 cm³/mol. The van der Waals surface area contributed by atoms with E-state index in [1.165, 1.54) is 54.6 Å². The summed E-state index contributed by atoms with van der Waals surface area (Å²) < 4.78 is 6.18. The summed E-state index contributed by atoms with van der Waals surface area (Å²) in [5.41, 5.74) is 7.33. The molecule has 0 saturated carbocycles. The SMILES string of the molecule is Oc1cccc(C=C2c3cc(O)ccc3CC23Cc2ccc(OCCN4CCCCC4)cc2C3)c1. The Kier molecular flexibility index (Phi) is 5.77. The number of benzene rings is 3. The highest BCUT2D eigenvalue weighted by Gasteiger charge is 2.46. The third-order valence-corrected chi connectivity index (χ3v) is 8.03. The molecule has 2 aliphatic carbocycles. The Morgan fingerprint density at radius 1 is 0.800 bits per heavy atom. The van der Waals surface area contributed by atoms with Crippen molar-refractivity contribution in [1.29, 1.82) is 0 Å². The van der Waals surface area contributed by atoms with E-state index in [1.54, 1.807) is 18.2 Å². The van der Waals surface area contributed by atoms with Gasteiger partial charge >= 0.3 is 0 Å². The van der Waals surface area contributed by atoms with Gasteiger partial charge in [-0.2, -0.15) is 0 Å². The molecule has 4 nitrogen and oxygen atoms in total. The second-order valence-electron chi connectivity index (χ2n) is 10.5. The van der Waals surface area contributed by atoms with Crippen LogP contribution in [0.3, 0.4) is 0 Å². The van der Waals surface area contributed by atoms with Gasteiger partial charge in [0.1, 0.15) is 23.9 Å². The first-order valence-corrected chi connectivity index (χ1v) is 12.9. The van der Waals surface area contributed by atoms with Crippen molar-refractivity contribution >= 4 is 11.6 Å². The Hall–Kier alpha value is -3.24. The number of rotatable bonds is 5. The summed E-state index contributed by atoms with van der Waals surface area (Å²) in [7, 11) is 0. The van der Waals surface area contributed by atoms with Crippen LogP contribution < -0.4 is 4.74 Å². The lowest BCUT2D eigenvalue weighted by Gasteiger charge is -2.26. The van der Waals surface area contributed by atoms with Gasteiger partial charge in [-0.3, -0.25) is 4.90 Å². The van der Waals surface area contributed by atoms with Crippen LogP contribution in [0.1, 0.15) is 47.1 Å². The van der Waals surface area contributed by atoms with E-state index in [1.807, 2.05) is 18.2 Å². The van der Waals surface area contributed by atoms with Gasteiger partial charge in [-0.15, -0.1) is 0 Å². The smallest absolute Gasteiger partial charge is 0.119 e. The Balaban J connectivity index is 1.26. The van der Waals surface area contributed by atoms with Crippen molar-refractivity contribution in [3.8, 4) is 17.2 Å². The highest BCUT2D eigenvalue weighted by molar-refractivity contribution is 5.90. The number of hydrogen-bond acceptors (Lipinski definition) is 4. The van der Waals surface area contributed by atoms with E-state index in [0.717, 1.165) is 49.3 Å². The molecule has 1 spiro atoms. The average molecular weight is 468 g/mol. The lowest BCUT2D eigenvalue weighted by Crippen LogP contribution is -2.33. The van der Waals surface area contributed by atoms with Crippen LogP contribution in [0.2, 0.25) is 0 Å². The summed E-state index contributed by atoms with van der Waals surface area (Å²) in [6, 6.07) is 19.8. The zero-order valence-electron chi connectivity index (χ0n) is 20.2. The zero-order chi connectivity index (χ0) is 23.8. The summed E-state index contributed by atoms with van der Waals surface area (Å²) in [6.45, 7) is 4.12. The van der Waals surface area contributed by atoms with Crippen LogP contribution in [0.4, 0.5) is 0 Å². The maximum absolute atomic E-state index is 10.3. The molecule has 0 amide bonds. The van der Waals surface area contributed by atoms with Crippen molar-refractivity contribution in [2.75, 3.05) is 26.2 Å². The summed E-state index contributed by atoms with van der Waals surface area (Å²) in [5, 5.41) is 20.3. The Morgan fingerprint density at radius 3 is 2.43 bits per heavy atom. The van der Waals surface area contributed by atoms with Crippen LogP contribution in [0, 0.1) is 5.41 Å². The summed E-state index contributed by atoms with van der Waals surface area (Å²) >= 11 is 0. The van der Waals surface area contributed by atoms with Crippen LogP contribution in [0.25, 0.3) is 11.6 Å². The maximum Gasteiger partial charge on any atom is 0.119 e. The normalized spacial score (nSPS) is 22.5. The molecule has 1 fully saturated rings. The summed E-state index contributed by atoms with van der Waals surface area (Å²) in [6.07, 6.45) is 9.04. The lowest BCUT2D eigenvalue weighted by atomic mass is 9.77. The Morgan fingerprint density at radius 2 is 1.57 bits per heavy atom. The minimum absolute atomic E-state index is 0.0453. The van der Waals surface area contributed by atoms with E-state index in [-0.39, 0.29) is 11.2 Å². The number of aromatic hydroxyl groups is 2. The fourth-order valence-electron chi connectivity index (χ4n) is 6.34. The molecule has 0 aromatic heterocycles. The first-order chi connectivity index (χ1) is 17.1. The molecule has 1 heterocycles. The van der Waals surface area contributed by atoms with Crippen molar-refractivity contribution in [3.63, 3.8) is 0 Å². The molecular weight excluding hydrogens is 434 g/mol. The van der Waals surface area contributed by atoms with Gasteiger partial charge in [0.25, 0.3) is 0 Å². The molecule has 3 aromatic carbocycles. The van der Waals surface area contributed by atoms with Crippen LogP contribution in [-0.4, -0.2) is 41.4 Å². The number of phenolic OH excluding ortho intramolecular Hbond substituents is 2. The van der Waals surface area contributed by atoms with Crippen molar-refractivity contribution in [3.05, 3.63) is 88.5 Å². The van der Waals surface area contributed by atoms with Crippen LogP contribution in [0.15, 0.2) is 60.7 Å². The van der Waals surface area contributed by atoms with Gasteiger partial charge in [0.2, 0.25) is 0 Å². The zero-order valence-corrected chi connectivity index (χ0v) is 20.2. The standard InChI is InChI=1S/C31H33NO3/c33-26-6-4-5-22(15-26)16-30-29-18-27(34)9-7-24(29)20-31(30)19-23-8-10-28(17-25(23)21-31)35-14-13-32-11-2-1-3-12-32/h4-10,15-18,33-34H,1-3,11-14,19-21H2. The van der Waals surface area contributed by atoms with E-state index in [2.05, 4.69) is 35.2 Å². The molecular formula is C31H33NO3. The first-order valence-electron chi connectivity index (χ1n) is 12.9. The fraction of sp³-hybridized carbons (Fsp3) is 0.355. The predicted octanol–water partition coefficient (Wildman–Crippen LogP) is 5.84. The third-order valence-electron chi connectivity index (χ3n) is 8.03. The first kappa shape index (κ1) is 22.2. The number of nitrogens with zero attached hydrogens (tertiary/aromatic N) is 1. The molecule has 1 aliphatic heterocycles. The van der Waals surface area contributed by atoms with E-state index in [4.69, 9.17) is 4.74 Å². The number of phenols is 2. The van der Waals surface area contributed by atoms with Gasteiger partial charge in [-0.25, -0.2) is 0 Å². The van der Waals surface area contributed by atoms with Crippen molar-refractivity contribution in [2.24, 2.45) is 5.41 Å². The molecule has 3 aliphatic rings. The molecule has 180 valence electrons. The molecule has 1 atom stereocenters. The van der Waals surface area contributed by atoms with Crippen molar-refractivity contribution in [1.82, 2.24) is 4.90 Å². The second kappa shape index (κ2) is 9.09. The number of piperidine rings is 1. The van der Waals surface area contributed by atoms with Gasteiger partial charge in [0.05, 0.1) is 0 Å². The molecule has 1 saturated heterocycles. The van der Waals surface area contributed by atoms with Crippen molar-refractivity contribution in [2.45, 2.75) is 38.5 Å². The number of allylic oxidation sites excluding steroid dienone is 1. The molecule has 0 bridgehead atoms. The molecule has 4 heteroatoms. The topological polar surface area (TPSA) is 52.9 Å². The van der Waals surface area contributed by atoms with E-state index in [9.17, 15) is 10.2 Å². The molecule has 0 radical (unpaired) electrons. The fourth-order valence-corrected chi connectivity index (χ4v) is 6.34. The number of likely N-dealkylation sites (tertiary alicyclic amines) is 1. The summed E-state index contributed by atoms with van der Waals surface area (Å²) in [5.74, 6) is 1.52. The number of fused-ring (bicyclic) bond motifs is 2. The van der Waals surface area contributed by atoms with E-state index < -0.39 is 0 Å². The molecule has 1 unspecified atom stereocenters. The highest BCUT2D eigenvalue weighted by atomic mass is 16.5. The van der Waals surface area contributed by atoms with E-state index in [0.29, 0.717) is 5.75 Å². The van der Waals surface area contributed by atoms with Crippen molar-refractivity contribution < 1.29 is 14.9 Å². The monoisotopic (exact) mass is 467 g/mol. The van der Waals surface area contributed by atoms with Gasteiger partial charge in [-0.1, -0.05) is 36.8 Å². The molecule has 6 rings (SSSR count). The quantitative estimate of drug-likeness (QED) is 0.495. The van der Waals surface area contributed by atoms with Gasteiger partial charge < -0.3 is 14.9 Å². The average Bonchev–Trinajstić information content (AvgIpc) is 3.36. The van der Waals surface area contributed by atoms with Gasteiger partial charge in [0, 0.05) is 12.0 Å². The third kappa shape index (κ3) is 4.43. The maximum atomic E-state index is 10.3. The highest BCUT2D eigenvalue weighted by Crippen LogP contribution is 2.55. The minimum atomic E-state index is -0.0453. The van der Waals surface area contributed by atoms with Crippen LogP contribution in [-0.2, 0) is 19.3 Å². The molecule has 3 aromatic rings. The Bertz CT molecular complexity index is 1270. The van der Waals surface area contributed by atoms with Gasteiger partial charge in [-0.05, 0) is 115 Å². The Labute approximate surface area is 207 Å². The van der Waals surface area contributed by atoms with Crippen LogP contribution >= 0.6 is 0 Å². The van der Waals surface area contributed by atoms with Gasteiger partial charge in [0.15, 0.2) is 0 Å². The van der Waals surface area contributed by atoms with E-state index >= 15 is 0 Å². The second-order valence-corrected chi connectivity index (χ2v) is 10.5. The van der Waals surface area contributed by atoms with Crippen LogP contribution in [0.5, 0.6) is 17.2 Å². The number of hydrogen-bond donors (Lipinski definition) is 2. The number of ether oxygens (including phenoxy) is 1. The summed E-state index contributed by atoms with van der Waals surface area (Å²) in [4.78, 5) is 2.51. The molecule has 2 N–H and O–H groups in total.